The molecule has 1 aromatic rings. The van der Waals surface area contributed by atoms with Crippen molar-refractivity contribution in [1.82, 2.24) is 0 Å². The molecule has 0 aromatic heterocycles. The molecule has 3 rings (SSSR count). The Bertz CT molecular complexity index is 432. The van der Waals surface area contributed by atoms with Gasteiger partial charge in [-0.1, -0.05) is 6.07 Å². The van der Waals surface area contributed by atoms with Crippen LogP contribution in [0.15, 0.2) is 18.2 Å². The van der Waals surface area contributed by atoms with E-state index in [4.69, 9.17) is 9.47 Å². The van der Waals surface area contributed by atoms with Crippen molar-refractivity contribution in [3.8, 4) is 11.5 Å². The lowest BCUT2D eigenvalue weighted by atomic mass is 9.92. The van der Waals surface area contributed by atoms with Gasteiger partial charge >= 0.3 is 0 Å². The Morgan fingerprint density at radius 3 is 2.67 bits per heavy atom. The van der Waals surface area contributed by atoms with Gasteiger partial charge in [0.15, 0.2) is 11.5 Å². The Hall–Kier alpha value is -1.51. The second kappa shape index (κ2) is 2.75. The van der Waals surface area contributed by atoms with Crippen LogP contribution in [0.2, 0.25) is 0 Å². The van der Waals surface area contributed by atoms with Crippen molar-refractivity contribution in [2.24, 2.45) is 0 Å². The average Bonchev–Trinajstić information content (AvgIpc) is 2.91. The lowest BCUT2D eigenvalue weighted by molar-refractivity contribution is -0.119. The van der Waals surface area contributed by atoms with Gasteiger partial charge in [-0.2, -0.15) is 0 Å². The lowest BCUT2D eigenvalue weighted by Gasteiger charge is -2.11. The van der Waals surface area contributed by atoms with Gasteiger partial charge in [-0.15, -0.1) is 0 Å². The number of rotatable bonds is 2. The first-order valence-corrected chi connectivity index (χ1v) is 5.13. The Labute approximate surface area is 88.0 Å². The molecule has 0 bridgehead atoms. The van der Waals surface area contributed by atoms with E-state index in [9.17, 15) is 4.79 Å². The van der Waals surface area contributed by atoms with Gasteiger partial charge in [0.2, 0.25) is 6.79 Å². The summed E-state index contributed by atoms with van der Waals surface area (Å²) in [5.41, 5.74) is 0.848. The van der Waals surface area contributed by atoms with Crippen LogP contribution in [-0.4, -0.2) is 12.6 Å². The van der Waals surface area contributed by atoms with E-state index in [1.54, 1.807) is 6.92 Å². The number of hydrogen-bond donors (Lipinski definition) is 0. The van der Waals surface area contributed by atoms with Crippen LogP contribution >= 0.6 is 0 Å². The topological polar surface area (TPSA) is 35.5 Å². The van der Waals surface area contributed by atoms with E-state index < -0.39 is 0 Å². The monoisotopic (exact) mass is 204 g/mol. The first-order valence-electron chi connectivity index (χ1n) is 5.13. The fourth-order valence-electron chi connectivity index (χ4n) is 2.16. The van der Waals surface area contributed by atoms with E-state index in [1.165, 1.54) is 0 Å². The molecular weight excluding hydrogens is 192 g/mol. The van der Waals surface area contributed by atoms with Crippen LogP contribution in [0.4, 0.5) is 0 Å². The highest BCUT2D eigenvalue weighted by molar-refractivity contribution is 5.91. The van der Waals surface area contributed by atoms with Gasteiger partial charge < -0.3 is 9.47 Å². The molecule has 0 spiro atoms. The van der Waals surface area contributed by atoms with Gasteiger partial charge in [-0.05, 0) is 37.5 Å². The van der Waals surface area contributed by atoms with Crippen LogP contribution in [-0.2, 0) is 10.2 Å². The SMILES string of the molecule is CC(=O)C1(c2ccc3c(c2)OCO3)CC1. The molecule has 1 aliphatic carbocycles. The molecule has 78 valence electrons. The fraction of sp³-hybridized carbons (Fsp3) is 0.417. The minimum absolute atomic E-state index is 0.221. The molecule has 1 aliphatic heterocycles. The van der Waals surface area contributed by atoms with Crippen LogP contribution in [0, 0.1) is 0 Å². The minimum atomic E-state index is -0.221. The Balaban J connectivity index is 2.03. The van der Waals surface area contributed by atoms with Crippen LogP contribution in [0.5, 0.6) is 11.5 Å². The molecule has 1 heterocycles. The van der Waals surface area contributed by atoms with Gasteiger partial charge in [0.05, 0.1) is 5.41 Å². The van der Waals surface area contributed by atoms with E-state index in [1.807, 2.05) is 18.2 Å². The maximum atomic E-state index is 11.6. The van der Waals surface area contributed by atoms with Gasteiger partial charge in [0.25, 0.3) is 0 Å². The largest absolute Gasteiger partial charge is 0.454 e. The van der Waals surface area contributed by atoms with Crippen molar-refractivity contribution in [1.29, 1.82) is 0 Å². The van der Waals surface area contributed by atoms with Gasteiger partial charge in [0, 0.05) is 0 Å². The first kappa shape index (κ1) is 8.77. The average molecular weight is 204 g/mol. The highest BCUT2D eigenvalue weighted by Gasteiger charge is 2.49. The molecule has 0 N–H and O–H groups in total. The van der Waals surface area contributed by atoms with Crippen molar-refractivity contribution in [3.63, 3.8) is 0 Å². The number of hydrogen-bond acceptors (Lipinski definition) is 3. The van der Waals surface area contributed by atoms with Crippen molar-refractivity contribution in [2.45, 2.75) is 25.2 Å². The quantitative estimate of drug-likeness (QED) is 0.739. The second-order valence-electron chi connectivity index (χ2n) is 4.21. The molecule has 0 saturated heterocycles. The third kappa shape index (κ3) is 1.16. The number of ketones is 1. The van der Waals surface area contributed by atoms with Crippen LogP contribution in [0.25, 0.3) is 0 Å². The Kier molecular flexibility index (Phi) is 1.61. The first-order chi connectivity index (χ1) is 7.22. The standard InChI is InChI=1S/C12H12O3/c1-8(13)12(4-5-12)9-2-3-10-11(6-9)15-7-14-10/h2-3,6H,4-5,7H2,1H3. The third-order valence-electron chi connectivity index (χ3n) is 3.35. The number of ether oxygens (including phenoxy) is 2. The molecule has 1 fully saturated rings. The summed E-state index contributed by atoms with van der Waals surface area (Å²) in [5, 5.41) is 0. The Morgan fingerprint density at radius 1 is 1.27 bits per heavy atom. The van der Waals surface area contributed by atoms with Gasteiger partial charge in [0.1, 0.15) is 5.78 Å². The van der Waals surface area contributed by atoms with Crippen LogP contribution < -0.4 is 9.47 Å². The number of carbonyl (C=O) groups excluding carboxylic acids is 1. The predicted molar refractivity (Wildman–Crippen MR) is 54.2 cm³/mol. The molecule has 3 heteroatoms. The van der Waals surface area contributed by atoms with E-state index in [2.05, 4.69) is 0 Å². The van der Waals surface area contributed by atoms with Crippen molar-refractivity contribution in [2.75, 3.05) is 6.79 Å². The molecule has 15 heavy (non-hydrogen) atoms. The minimum Gasteiger partial charge on any atom is -0.454 e. The maximum absolute atomic E-state index is 11.6. The van der Waals surface area contributed by atoms with Crippen molar-refractivity contribution >= 4 is 5.78 Å². The summed E-state index contributed by atoms with van der Waals surface area (Å²) in [7, 11) is 0. The number of carbonyl (C=O) groups is 1. The third-order valence-corrected chi connectivity index (χ3v) is 3.35. The van der Waals surface area contributed by atoms with E-state index >= 15 is 0 Å². The van der Waals surface area contributed by atoms with Gasteiger partial charge in [-0.25, -0.2) is 0 Å². The van der Waals surface area contributed by atoms with Gasteiger partial charge in [-0.3, -0.25) is 4.79 Å². The zero-order valence-electron chi connectivity index (χ0n) is 8.58. The predicted octanol–water partition coefficient (Wildman–Crippen LogP) is 2.04. The van der Waals surface area contributed by atoms with Crippen LogP contribution in [0.3, 0.4) is 0 Å². The summed E-state index contributed by atoms with van der Waals surface area (Å²) < 4.78 is 10.5. The van der Waals surface area contributed by atoms with Crippen molar-refractivity contribution in [3.05, 3.63) is 23.8 Å². The van der Waals surface area contributed by atoms with E-state index in [-0.39, 0.29) is 18.0 Å². The van der Waals surface area contributed by atoms with E-state index in [0.29, 0.717) is 0 Å². The lowest BCUT2D eigenvalue weighted by Crippen LogP contribution is -2.16. The maximum Gasteiger partial charge on any atom is 0.231 e. The normalized spacial score (nSPS) is 20.1. The molecule has 0 unspecified atom stereocenters. The smallest absolute Gasteiger partial charge is 0.231 e. The summed E-state index contributed by atoms with van der Waals surface area (Å²) in [4.78, 5) is 11.6. The van der Waals surface area contributed by atoms with E-state index in [0.717, 1.165) is 29.9 Å². The molecule has 0 radical (unpaired) electrons. The summed E-state index contributed by atoms with van der Waals surface area (Å²) in [6.45, 7) is 1.95. The van der Waals surface area contributed by atoms with Crippen molar-refractivity contribution < 1.29 is 14.3 Å². The molecule has 0 amide bonds. The van der Waals surface area contributed by atoms with Crippen LogP contribution in [0.1, 0.15) is 25.3 Å². The zero-order chi connectivity index (χ0) is 10.5. The molecule has 0 atom stereocenters. The second-order valence-corrected chi connectivity index (χ2v) is 4.21. The Morgan fingerprint density at radius 2 is 2.00 bits per heavy atom. The number of Topliss-reactive ketones (excluding diaryl/α,β-unsaturated/α-hetero) is 1. The number of fused-ring (bicyclic) bond motifs is 1. The summed E-state index contributed by atoms with van der Waals surface area (Å²) >= 11 is 0. The molecule has 1 aromatic carbocycles. The molecular formula is C12H12O3. The number of benzene rings is 1. The highest BCUT2D eigenvalue weighted by Crippen LogP contribution is 2.50. The molecule has 1 saturated carbocycles. The zero-order valence-corrected chi connectivity index (χ0v) is 8.58. The highest BCUT2D eigenvalue weighted by atomic mass is 16.7. The summed E-state index contributed by atoms with van der Waals surface area (Å²) in [6, 6.07) is 5.80. The molecule has 3 nitrogen and oxygen atoms in total. The summed E-state index contributed by atoms with van der Waals surface area (Å²) in [5.74, 6) is 1.79. The summed E-state index contributed by atoms with van der Waals surface area (Å²) in [6.07, 6.45) is 1.92. The fourth-order valence-corrected chi connectivity index (χ4v) is 2.16. The molecule has 2 aliphatic rings.